The summed E-state index contributed by atoms with van der Waals surface area (Å²) in [5.74, 6) is -1.79. The Morgan fingerprint density at radius 3 is 1.96 bits per heavy atom. The second kappa shape index (κ2) is 18.3. The van der Waals surface area contributed by atoms with Gasteiger partial charge in [-0.15, -0.1) is 0 Å². The highest BCUT2D eigenvalue weighted by Gasteiger charge is 2.26. The first kappa shape index (κ1) is 28.1. The SMILES string of the molecule is CCCC1CN(CC=O)CCN(CC(=O)O)CCN1CC(=O)O.CO.NC=O. The number of aliphatic carboxylic acids is 2. The summed E-state index contributed by atoms with van der Waals surface area (Å²) < 4.78 is 0. The molecule has 1 unspecified atom stereocenters. The van der Waals surface area contributed by atoms with Gasteiger partial charge in [0.1, 0.15) is 6.29 Å². The number of rotatable bonds is 8. The van der Waals surface area contributed by atoms with Crippen molar-refractivity contribution in [1.82, 2.24) is 14.7 Å². The fraction of sp³-hybridized carbons (Fsp3) is 0.765. The summed E-state index contributed by atoms with van der Waals surface area (Å²) in [7, 11) is 1.00. The van der Waals surface area contributed by atoms with Gasteiger partial charge in [-0.25, -0.2) is 0 Å². The van der Waals surface area contributed by atoms with E-state index in [1.54, 1.807) is 4.90 Å². The Bertz CT molecular complexity index is 451. The van der Waals surface area contributed by atoms with Crippen molar-refractivity contribution in [2.45, 2.75) is 25.8 Å². The molecule has 1 rings (SSSR count). The molecule has 0 saturated carbocycles. The Hall–Kier alpha value is -2.08. The Labute approximate surface area is 165 Å². The van der Waals surface area contributed by atoms with Crippen LogP contribution in [0, 0.1) is 0 Å². The van der Waals surface area contributed by atoms with Gasteiger partial charge < -0.3 is 25.8 Å². The van der Waals surface area contributed by atoms with Crippen LogP contribution in [-0.4, -0.2) is 120 Å². The molecular formula is C17H34N4O7. The second-order valence-corrected chi connectivity index (χ2v) is 6.04. The van der Waals surface area contributed by atoms with E-state index < -0.39 is 11.9 Å². The molecule has 1 heterocycles. The van der Waals surface area contributed by atoms with Gasteiger partial charge in [-0.3, -0.25) is 29.1 Å². The highest BCUT2D eigenvalue weighted by atomic mass is 16.4. The van der Waals surface area contributed by atoms with Gasteiger partial charge >= 0.3 is 11.9 Å². The summed E-state index contributed by atoms with van der Waals surface area (Å²) in [4.78, 5) is 47.2. The van der Waals surface area contributed by atoms with Crippen molar-refractivity contribution < 1.29 is 34.5 Å². The van der Waals surface area contributed by atoms with E-state index in [4.69, 9.17) is 20.1 Å². The summed E-state index contributed by atoms with van der Waals surface area (Å²) in [6.07, 6.45) is 2.86. The highest BCUT2D eigenvalue weighted by molar-refractivity contribution is 5.69. The average molecular weight is 406 g/mol. The lowest BCUT2D eigenvalue weighted by Crippen LogP contribution is -2.47. The number of carboxylic acid groups (broad SMARTS) is 2. The summed E-state index contributed by atoms with van der Waals surface area (Å²) in [5, 5.41) is 25.1. The van der Waals surface area contributed by atoms with Gasteiger partial charge in [0.05, 0.1) is 19.6 Å². The largest absolute Gasteiger partial charge is 0.480 e. The summed E-state index contributed by atoms with van der Waals surface area (Å²) in [6, 6.07) is 0.0563. The van der Waals surface area contributed by atoms with E-state index in [0.29, 0.717) is 32.7 Å². The molecule has 0 aromatic carbocycles. The van der Waals surface area contributed by atoms with Gasteiger partial charge in [-0.1, -0.05) is 13.3 Å². The van der Waals surface area contributed by atoms with Gasteiger partial charge in [0.15, 0.2) is 0 Å². The molecule has 11 heteroatoms. The maximum absolute atomic E-state index is 11.1. The molecule has 0 spiro atoms. The first-order valence-electron chi connectivity index (χ1n) is 9.03. The monoisotopic (exact) mass is 406 g/mol. The average Bonchev–Trinajstić information content (AvgIpc) is 2.70. The number of carboxylic acids is 2. The Morgan fingerprint density at radius 2 is 1.50 bits per heavy atom. The number of carbonyl (C=O) groups excluding carboxylic acids is 2. The molecule has 1 aliphatic heterocycles. The Kier molecular flexibility index (Phi) is 18.4. The van der Waals surface area contributed by atoms with Crippen molar-refractivity contribution in [2.24, 2.45) is 5.73 Å². The first-order valence-corrected chi connectivity index (χ1v) is 9.03. The van der Waals surface area contributed by atoms with Crippen molar-refractivity contribution >= 4 is 24.6 Å². The van der Waals surface area contributed by atoms with E-state index in [0.717, 1.165) is 26.2 Å². The van der Waals surface area contributed by atoms with E-state index in [9.17, 15) is 14.4 Å². The molecule has 1 atom stereocenters. The molecule has 0 aliphatic carbocycles. The van der Waals surface area contributed by atoms with E-state index in [1.807, 2.05) is 16.7 Å². The first-order chi connectivity index (χ1) is 13.4. The predicted molar refractivity (Wildman–Crippen MR) is 103 cm³/mol. The zero-order valence-electron chi connectivity index (χ0n) is 16.7. The fourth-order valence-electron chi connectivity index (χ4n) is 2.96. The van der Waals surface area contributed by atoms with E-state index in [2.05, 4.69) is 5.73 Å². The number of nitrogens with zero attached hydrogens (tertiary/aromatic N) is 3. The van der Waals surface area contributed by atoms with Crippen molar-refractivity contribution in [1.29, 1.82) is 0 Å². The van der Waals surface area contributed by atoms with E-state index in [1.165, 1.54) is 0 Å². The minimum atomic E-state index is -0.902. The standard InChI is InChI=1S/C15H27N3O5.CH3NO.CH4O/c1-2-3-13-10-17(8-9-19)5-4-16(11-14(20)21)6-7-18(13)12-15(22)23;2-1-3;1-2/h9,13H,2-8,10-12H2,1H3,(H,20,21)(H,22,23);1H,(H2,2,3);2H,1H3. The predicted octanol–water partition coefficient (Wildman–Crippen LogP) is -1.85. The molecule has 1 fully saturated rings. The molecular weight excluding hydrogens is 372 g/mol. The van der Waals surface area contributed by atoms with Crippen LogP contribution in [0.4, 0.5) is 0 Å². The quantitative estimate of drug-likeness (QED) is 0.336. The topological polar surface area (TPSA) is 165 Å². The van der Waals surface area contributed by atoms with Gasteiger partial charge in [-0.2, -0.15) is 0 Å². The molecule has 0 bridgehead atoms. The van der Waals surface area contributed by atoms with Crippen LogP contribution in [0.25, 0.3) is 0 Å². The third-order valence-corrected chi connectivity index (χ3v) is 4.07. The zero-order chi connectivity index (χ0) is 21.9. The summed E-state index contributed by atoms with van der Waals surface area (Å²) in [5.41, 5.74) is 4.17. The Morgan fingerprint density at radius 1 is 1.00 bits per heavy atom. The molecule has 11 nitrogen and oxygen atoms in total. The fourth-order valence-corrected chi connectivity index (χ4v) is 2.96. The molecule has 5 N–H and O–H groups in total. The number of primary amides is 1. The molecule has 164 valence electrons. The van der Waals surface area contributed by atoms with Crippen molar-refractivity contribution in [2.75, 3.05) is 59.5 Å². The molecule has 1 aliphatic rings. The number of hydrogen-bond donors (Lipinski definition) is 4. The number of carbonyl (C=O) groups is 4. The molecule has 0 radical (unpaired) electrons. The van der Waals surface area contributed by atoms with Gasteiger partial charge in [0, 0.05) is 45.9 Å². The van der Waals surface area contributed by atoms with Crippen molar-refractivity contribution in [3.8, 4) is 0 Å². The van der Waals surface area contributed by atoms with E-state index in [-0.39, 0.29) is 32.1 Å². The third kappa shape index (κ3) is 14.0. The van der Waals surface area contributed by atoms with Gasteiger partial charge in [0.2, 0.25) is 6.41 Å². The van der Waals surface area contributed by atoms with Crippen LogP contribution in [0.3, 0.4) is 0 Å². The molecule has 28 heavy (non-hydrogen) atoms. The van der Waals surface area contributed by atoms with Crippen molar-refractivity contribution in [3.05, 3.63) is 0 Å². The lowest BCUT2D eigenvalue weighted by Gasteiger charge is -2.33. The second-order valence-electron chi connectivity index (χ2n) is 6.04. The number of aldehydes is 1. The third-order valence-electron chi connectivity index (χ3n) is 4.07. The van der Waals surface area contributed by atoms with Crippen LogP contribution in [0.2, 0.25) is 0 Å². The van der Waals surface area contributed by atoms with Crippen LogP contribution in [-0.2, 0) is 19.2 Å². The summed E-state index contributed by atoms with van der Waals surface area (Å²) in [6.45, 7) is 4.99. The van der Waals surface area contributed by atoms with Crippen LogP contribution >= 0.6 is 0 Å². The number of amides is 1. The maximum Gasteiger partial charge on any atom is 0.317 e. The summed E-state index contributed by atoms with van der Waals surface area (Å²) >= 11 is 0. The molecule has 1 saturated heterocycles. The highest BCUT2D eigenvalue weighted by Crippen LogP contribution is 2.12. The number of nitrogens with two attached hydrogens (primary N) is 1. The minimum absolute atomic E-state index is 0.0563. The van der Waals surface area contributed by atoms with Crippen LogP contribution in [0.5, 0.6) is 0 Å². The zero-order valence-corrected chi connectivity index (χ0v) is 16.7. The number of aliphatic hydroxyl groups is 1. The van der Waals surface area contributed by atoms with Crippen molar-refractivity contribution in [3.63, 3.8) is 0 Å². The van der Waals surface area contributed by atoms with Crippen LogP contribution < -0.4 is 5.73 Å². The van der Waals surface area contributed by atoms with Crippen LogP contribution in [0.1, 0.15) is 19.8 Å². The lowest BCUT2D eigenvalue weighted by atomic mass is 10.1. The minimum Gasteiger partial charge on any atom is -0.480 e. The van der Waals surface area contributed by atoms with Crippen LogP contribution in [0.15, 0.2) is 0 Å². The molecule has 0 aromatic heterocycles. The number of hydrogen-bond acceptors (Lipinski definition) is 8. The molecule has 0 aromatic rings. The normalized spacial score (nSPS) is 18.8. The van der Waals surface area contributed by atoms with Gasteiger partial charge in [-0.05, 0) is 6.42 Å². The Balaban J connectivity index is 0. The molecule has 1 amide bonds. The number of aliphatic hydroxyl groups excluding tert-OH is 1. The smallest absolute Gasteiger partial charge is 0.317 e. The van der Waals surface area contributed by atoms with Gasteiger partial charge in [0.25, 0.3) is 0 Å². The van der Waals surface area contributed by atoms with E-state index >= 15 is 0 Å². The lowest BCUT2D eigenvalue weighted by molar-refractivity contribution is -0.140. The maximum atomic E-state index is 11.1.